The van der Waals surface area contributed by atoms with Gasteiger partial charge in [0.05, 0.1) is 37.2 Å². The molecule has 5 heterocycles. The molecule has 152 valence electrons. The molecule has 0 saturated carbocycles. The van der Waals surface area contributed by atoms with Crippen LogP contribution in [0.2, 0.25) is 0 Å². The van der Waals surface area contributed by atoms with Crippen LogP contribution in [0.15, 0.2) is 18.3 Å². The molecule has 4 aliphatic rings. The van der Waals surface area contributed by atoms with E-state index in [1.54, 1.807) is 6.20 Å². The van der Waals surface area contributed by atoms with Crippen molar-refractivity contribution in [2.24, 2.45) is 5.92 Å². The first kappa shape index (κ1) is 18.1. The van der Waals surface area contributed by atoms with Crippen LogP contribution in [0.5, 0.6) is 5.75 Å². The number of carbonyl (C=O) groups excluding carboxylic acids is 1. The Morgan fingerprint density at radius 1 is 1.29 bits per heavy atom. The van der Waals surface area contributed by atoms with E-state index in [1.807, 2.05) is 19.1 Å². The van der Waals surface area contributed by atoms with E-state index in [1.165, 1.54) is 0 Å². The highest BCUT2D eigenvalue weighted by Gasteiger charge is 2.49. The van der Waals surface area contributed by atoms with E-state index in [2.05, 4.69) is 15.6 Å². The molecule has 0 spiro atoms. The minimum atomic E-state index is -0.200. The standard InChI is InChI=1S/C20H27N3O5/c1-11-15(3-2-6-21-11)28-17-10-26-18-14(9-25-19(17)18)23-20(24)22-8-12-7-13-4-5-16(12)27-13/h2-3,6,12-14,16-19H,4-5,7-10H2,1H3,(H2,22,23,24)/t12?,13?,14-,16?,17-,18+,19+/m0/s1. The van der Waals surface area contributed by atoms with E-state index in [-0.39, 0.29) is 30.4 Å². The summed E-state index contributed by atoms with van der Waals surface area (Å²) in [6, 6.07) is 3.40. The smallest absolute Gasteiger partial charge is 0.315 e. The van der Waals surface area contributed by atoms with Crippen LogP contribution in [-0.2, 0) is 14.2 Å². The largest absolute Gasteiger partial charge is 0.483 e. The van der Waals surface area contributed by atoms with E-state index in [4.69, 9.17) is 18.9 Å². The molecule has 2 N–H and O–H groups in total. The first-order valence-electron chi connectivity index (χ1n) is 10.2. The van der Waals surface area contributed by atoms with Crippen LogP contribution in [0.1, 0.15) is 25.0 Å². The molecule has 0 radical (unpaired) electrons. The molecule has 8 heteroatoms. The summed E-state index contributed by atoms with van der Waals surface area (Å²) in [6.45, 7) is 3.42. The molecule has 4 aliphatic heterocycles. The number of pyridine rings is 1. The van der Waals surface area contributed by atoms with Crippen molar-refractivity contribution in [3.8, 4) is 5.75 Å². The van der Waals surface area contributed by atoms with Gasteiger partial charge in [0.15, 0.2) is 6.10 Å². The Kier molecular flexibility index (Phi) is 4.86. The summed E-state index contributed by atoms with van der Waals surface area (Å²) in [4.78, 5) is 16.6. The minimum absolute atomic E-state index is 0.173. The number of nitrogens with zero attached hydrogens (tertiary/aromatic N) is 1. The van der Waals surface area contributed by atoms with Crippen molar-refractivity contribution in [3.63, 3.8) is 0 Å². The SMILES string of the molecule is Cc1ncccc1O[C@H]1CO[C@H]2[C@@H]1OC[C@@H]2NC(=O)NCC1CC2CCC1O2. The maximum atomic E-state index is 12.4. The van der Waals surface area contributed by atoms with Gasteiger partial charge in [0.1, 0.15) is 18.0 Å². The highest BCUT2D eigenvalue weighted by molar-refractivity contribution is 5.74. The zero-order valence-electron chi connectivity index (χ0n) is 16.0. The Balaban J connectivity index is 1.11. The van der Waals surface area contributed by atoms with Crippen molar-refractivity contribution < 1.29 is 23.7 Å². The number of ether oxygens (including phenoxy) is 4. The molecule has 0 aliphatic carbocycles. The Bertz CT molecular complexity index is 732. The van der Waals surface area contributed by atoms with Gasteiger partial charge >= 0.3 is 6.03 Å². The third-order valence-electron chi connectivity index (χ3n) is 6.32. The van der Waals surface area contributed by atoms with Gasteiger partial charge in [-0.25, -0.2) is 4.79 Å². The number of amides is 2. The molecule has 4 saturated heterocycles. The maximum absolute atomic E-state index is 12.4. The molecule has 1 aromatic heterocycles. The van der Waals surface area contributed by atoms with Gasteiger partial charge in [-0.2, -0.15) is 0 Å². The summed E-state index contributed by atoms with van der Waals surface area (Å²) in [6.07, 6.45) is 5.20. The van der Waals surface area contributed by atoms with Crippen LogP contribution < -0.4 is 15.4 Å². The number of carbonyl (C=O) groups is 1. The Morgan fingerprint density at radius 3 is 2.96 bits per heavy atom. The zero-order chi connectivity index (χ0) is 19.1. The summed E-state index contributed by atoms with van der Waals surface area (Å²) in [5, 5.41) is 6.00. The number of aromatic nitrogens is 1. The first-order chi connectivity index (χ1) is 13.7. The number of rotatable bonds is 5. The Labute approximate surface area is 164 Å². The highest BCUT2D eigenvalue weighted by Crippen LogP contribution is 2.38. The maximum Gasteiger partial charge on any atom is 0.315 e. The van der Waals surface area contributed by atoms with Gasteiger partial charge in [-0.05, 0) is 38.3 Å². The zero-order valence-corrected chi connectivity index (χ0v) is 16.0. The quantitative estimate of drug-likeness (QED) is 0.786. The fourth-order valence-electron chi connectivity index (χ4n) is 4.85. The molecule has 8 nitrogen and oxygen atoms in total. The number of aryl methyl sites for hydroxylation is 1. The van der Waals surface area contributed by atoms with Crippen molar-refractivity contribution in [3.05, 3.63) is 24.0 Å². The van der Waals surface area contributed by atoms with Gasteiger partial charge in [0.2, 0.25) is 0 Å². The fourth-order valence-corrected chi connectivity index (χ4v) is 4.85. The third kappa shape index (κ3) is 3.44. The second-order valence-corrected chi connectivity index (χ2v) is 8.17. The van der Waals surface area contributed by atoms with Crippen molar-refractivity contribution in [2.45, 2.75) is 62.7 Å². The fraction of sp³-hybridized carbons (Fsp3) is 0.700. The summed E-state index contributed by atoms with van der Waals surface area (Å²) in [7, 11) is 0. The third-order valence-corrected chi connectivity index (χ3v) is 6.32. The van der Waals surface area contributed by atoms with E-state index in [0.717, 1.165) is 30.7 Å². The Hall–Kier alpha value is -1.90. The van der Waals surface area contributed by atoms with E-state index >= 15 is 0 Å². The van der Waals surface area contributed by atoms with Crippen LogP contribution in [0.25, 0.3) is 0 Å². The van der Waals surface area contributed by atoms with Gasteiger partial charge in [-0.15, -0.1) is 0 Å². The molecule has 0 aromatic carbocycles. The first-order valence-corrected chi connectivity index (χ1v) is 10.2. The molecule has 2 amide bonds. The molecule has 2 bridgehead atoms. The van der Waals surface area contributed by atoms with E-state index in [0.29, 0.717) is 37.9 Å². The molecular formula is C20H27N3O5. The number of fused-ring (bicyclic) bond motifs is 3. The van der Waals surface area contributed by atoms with E-state index < -0.39 is 0 Å². The number of hydrogen-bond acceptors (Lipinski definition) is 6. The van der Waals surface area contributed by atoms with Crippen LogP contribution >= 0.6 is 0 Å². The lowest BCUT2D eigenvalue weighted by Crippen LogP contribution is -2.49. The lowest BCUT2D eigenvalue weighted by Gasteiger charge is -2.21. The van der Waals surface area contributed by atoms with Crippen LogP contribution in [0.4, 0.5) is 4.79 Å². The summed E-state index contributed by atoms with van der Waals surface area (Å²) >= 11 is 0. The lowest BCUT2D eigenvalue weighted by atomic mass is 9.89. The molecule has 1 aromatic rings. The minimum Gasteiger partial charge on any atom is -0.483 e. The molecule has 3 unspecified atom stereocenters. The molecule has 28 heavy (non-hydrogen) atoms. The van der Waals surface area contributed by atoms with Crippen LogP contribution in [0, 0.1) is 12.8 Å². The van der Waals surface area contributed by atoms with Gasteiger partial charge in [-0.1, -0.05) is 0 Å². The van der Waals surface area contributed by atoms with Gasteiger partial charge in [-0.3, -0.25) is 4.98 Å². The summed E-state index contributed by atoms with van der Waals surface area (Å²) in [5.74, 6) is 1.17. The van der Waals surface area contributed by atoms with Crippen LogP contribution in [-0.4, -0.2) is 67.3 Å². The highest BCUT2D eigenvalue weighted by atomic mass is 16.6. The number of hydrogen-bond donors (Lipinski definition) is 2. The van der Waals surface area contributed by atoms with Crippen molar-refractivity contribution in [1.29, 1.82) is 0 Å². The monoisotopic (exact) mass is 389 g/mol. The van der Waals surface area contributed by atoms with Gasteiger partial charge in [0, 0.05) is 18.7 Å². The van der Waals surface area contributed by atoms with Crippen molar-refractivity contribution >= 4 is 6.03 Å². The van der Waals surface area contributed by atoms with E-state index in [9.17, 15) is 4.79 Å². The Morgan fingerprint density at radius 2 is 2.18 bits per heavy atom. The van der Waals surface area contributed by atoms with Gasteiger partial charge < -0.3 is 29.6 Å². The van der Waals surface area contributed by atoms with Crippen molar-refractivity contribution in [2.75, 3.05) is 19.8 Å². The second-order valence-electron chi connectivity index (χ2n) is 8.17. The van der Waals surface area contributed by atoms with Gasteiger partial charge in [0.25, 0.3) is 0 Å². The molecule has 7 atom stereocenters. The lowest BCUT2D eigenvalue weighted by molar-refractivity contribution is 0.0299. The predicted octanol–water partition coefficient (Wildman–Crippen LogP) is 1.17. The second kappa shape index (κ2) is 7.50. The topological polar surface area (TPSA) is 90.9 Å². The molecule has 5 rings (SSSR count). The average molecular weight is 389 g/mol. The van der Waals surface area contributed by atoms with Crippen LogP contribution in [0.3, 0.4) is 0 Å². The predicted molar refractivity (Wildman–Crippen MR) is 99.2 cm³/mol. The molecule has 4 fully saturated rings. The number of nitrogens with one attached hydrogen (secondary N) is 2. The normalized spacial score (nSPS) is 38.4. The van der Waals surface area contributed by atoms with Crippen molar-refractivity contribution in [1.82, 2.24) is 15.6 Å². The number of urea groups is 1. The summed E-state index contributed by atoms with van der Waals surface area (Å²) < 4.78 is 23.7. The summed E-state index contributed by atoms with van der Waals surface area (Å²) in [5.41, 5.74) is 0.836. The average Bonchev–Trinajstić information content (AvgIpc) is 3.46. The molecular weight excluding hydrogens is 362 g/mol.